The Morgan fingerprint density at radius 1 is 1.19 bits per heavy atom. The number of hydrogen-bond donors (Lipinski definition) is 2. The smallest absolute Gasteiger partial charge is 0.0570 e. The van der Waals surface area contributed by atoms with Gasteiger partial charge in [-0.25, -0.2) is 0 Å². The van der Waals surface area contributed by atoms with Crippen molar-refractivity contribution in [1.29, 1.82) is 0 Å². The Morgan fingerprint density at radius 3 is 2.86 bits per heavy atom. The van der Waals surface area contributed by atoms with E-state index in [1.54, 1.807) is 0 Å². The summed E-state index contributed by atoms with van der Waals surface area (Å²) in [5.74, 6) is 0. The van der Waals surface area contributed by atoms with Crippen molar-refractivity contribution in [1.82, 2.24) is 15.6 Å². The zero-order chi connectivity index (χ0) is 14.5. The number of piperidine rings is 1. The van der Waals surface area contributed by atoms with Crippen LogP contribution in [0.1, 0.15) is 35.7 Å². The Kier molecular flexibility index (Phi) is 4.63. The summed E-state index contributed by atoms with van der Waals surface area (Å²) in [7, 11) is 0. The highest BCUT2D eigenvalue weighted by molar-refractivity contribution is 5.20. The molecule has 2 aromatic rings. The Bertz CT molecular complexity index is 568. The highest BCUT2D eigenvalue weighted by Gasteiger charge is 2.22. The number of nitrogens with one attached hydrogen (secondary N) is 2. The third-order valence-corrected chi connectivity index (χ3v) is 4.28. The molecule has 1 fully saturated rings. The maximum absolute atomic E-state index is 4.46. The van der Waals surface area contributed by atoms with Gasteiger partial charge in [-0.1, -0.05) is 36.4 Å². The van der Waals surface area contributed by atoms with E-state index in [9.17, 15) is 0 Å². The van der Waals surface area contributed by atoms with Gasteiger partial charge in [0.2, 0.25) is 0 Å². The second-order valence-electron chi connectivity index (χ2n) is 5.79. The Morgan fingerprint density at radius 2 is 2.05 bits per heavy atom. The van der Waals surface area contributed by atoms with Crippen LogP contribution in [0.5, 0.6) is 0 Å². The summed E-state index contributed by atoms with van der Waals surface area (Å²) in [6, 6.07) is 15.9. The van der Waals surface area contributed by atoms with Crippen molar-refractivity contribution >= 4 is 0 Å². The molecule has 3 rings (SSSR count). The van der Waals surface area contributed by atoms with Crippen molar-refractivity contribution in [3.05, 3.63) is 65.5 Å². The minimum atomic E-state index is 0.460. The largest absolute Gasteiger partial charge is 0.310 e. The topological polar surface area (TPSA) is 37.0 Å². The van der Waals surface area contributed by atoms with Gasteiger partial charge in [-0.2, -0.15) is 0 Å². The van der Waals surface area contributed by atoms with E-state index in [0.29, 0.717) is 12.1 Å². The minimum absolute atomic E-state index is 0.460. The molecule has 1 aliphatic heterocycles. The molecule has 1 aromatic carbocycles. The van der Waals surface area contributed by atoms with Crippen molar-refractivity contribution in [3.8, 4) is 0 Å². The maximum Gasteiger partial charge on any atom is 0.0570 e. The lowest BCUT2D eigenvalue weighted by molar-refractivity contribution is 0.321. The molecule has 0 amide bonds. The summed E-state index contributed by atoms with van der Waals surface area (Å²) in [4.78, 5) is 4.46. The molecular formula is C18H23N3. The number of benzene rings is 1. The molecule has 0 spiro atoms. The standard InChI is InChI=1S/C18H23N3/c1-14-6-5-10-19-18(14)13-21-16-9-11-20-17(12-16)15-7-3-2-4-8-15/h2-8,10,16-17,20-21H,9,11-13H2,1H3/t16?,17-/m1/s1. The summed E-state index contributed by atoms with van der Waals surface area (Å²) in [5.41, 5.74) is 3.81. The van der Waals surface area contributed by atoms with Crippen LogP contribution in [0, 0.1) is 6.92 Å². The normalized spacial score (nSPS) is 22.1. The van der Waals surface area contributed by atoms with Crippen molar-refractivity contribution < 1.29 is 0 Å². The Labute approximate surface area is 126 Å². The van der Waals surface area contributed by atoms with E-state index in [1.165, 1.54) is 17.5 Å². The quantitative estimate of drug-likeness (QED) is 0.904. The summed E-state index contributed by atoms with van der Waals surface area (Å²) in [6.45, 7) is 4.05. The number of hydrogen-bond acceptors (Lipinski definition) is 3. The monoisotopic (exact) mass is 281 g/mol. The van der Waals surface area contributed by atoms with Gasteiger partial charge in [0.15, 0.2) is 0 Å². The van der Waals surface area contributed by atoms with Gasteiger partial charge in [0, 0.05) is 24.8 Å². The van der Waals surface area contributed by atoms with Gasteiger partial charge in [0.25, 0.3) is 0 Å². The summed E-state index contributed by atoms with van der Waals surface area (Å²) >= 11 is 0. The third kappa shape index (κ3) is 3.69. The molecule has 2 atom stereocenters. The number of aromatic nitrogens is 1. The van der Waals surface area contributed by atoms with Gasteiger partial charge in [0.05, 0.1) is 5.69 Å². The van der Waals surface area contributed by atoms with Crippen LogP contribution in [0.25, 0.3) is 0 Å². The highest BCUT2D eigenvalue weighted by Crippen LogP contribution is 2.23. The molecule has 0 aliphatic carbocycles. The van der Waals surface area contributed by atoms with E-state index in [4.69, 9.17) is 0 Å². The molecule has 110 valence electrons. The maximum atomic E-state index is 4.46. The van der Waals surface area contributed by atoms with Gasteiger partial charge in [-0.05, 0) is 43.5 Å². The van der Waals surface area contributed by atoms with Gasteiger partial charge in [0.1, 0.15) is 0 Å². The van der Waals surface area contributed by atoms with Crippen LogP contribution in [0.2, 0.25) is 0 Å². The van der Waals surface area contributed by atoms with E-state index in [1.807, 2.05) is 12.3 Å². The first-order valence-electron chi connectivity index (χ1n) is 7.75. The lowest BCUT2D eigenvalue weighted by Crippen LogP contribution is -2.41. The molecular weight excluding hydrogens is 258 g/mol. The Balaban J connectivity index is 1.58. The van der Waals surface area contributed by atoms with Crippen molar-refractivity contribution in [2.75, 3.05) is 6.54 Å². The van der Waals surface area contributed by atoms with E-state index >= 15 is 0 Å². The fraction of sp³-hybridized carbons (Fsp3) is 0.389. The number of nitrogens with zero attached hydrogens (tertiary/aromatic N) is 1. The average Bonchev–Trinajstić information content (AvgIpc) is 2.55. The molecule has 3 heteroatoms. The molecule has 1 aliphatic rings. The van der Waals surface area contributed by atoms with Crippen molar-refractivity contribution in [2.45, 2.75) is 38.4 Å². The first-order chi connectivity index (χ1) is 10.3. The van der Waals surface area contributed by atoms with Gasteiger partial charge < -0.3 is 10.6 Å². The second kappa shape index (κ2) is 6.83. The SMILES string of the molecule is Cc1cccnc1CNC1CCN[C@@H](c2ccccc2)C1. The van der Waals surface area contributed by atoms with E-state index in [-0.39, 0.29) is 0 Å². The molecule has 2 heterocycles. The van der Waals surface area contributed by atoms with Crippen LogP contribution >= 0.6 is 0 Å². The van der Waals surface area contributed by atoms with E-state index < -0.39 is 0 Å². The molecule has 1 unspecified atom stereocenters. The van der Waals surface area contributed by atoms with E-state index in [0.717, 1.165) is 25.2 Å². The predicted molar refractivity (Wildman–Crippen MR) is 86.0 cm³/mol. The van der Waals surface area contributed by atoms with Crippen LogP contribution in [-0.4, -0.2) is 17.6 Å². The highest BCUT2D eigenvalue weighted by atomic mass is 15.0. The fourth-order valence-corrected chi connectivity index (χ4v) is 2.99. The molecule has 1 saturated heterocycles. The minimum Gasteiger partial charge on any atom is -0.310 e. The van der Waals surface area contributed by atoms with Crippen LogP contribution in [0.3, 0.4) is 0 Å². The Hall–Kier alpha value is -1.71. The lowest BCUT2D eigenvalue weighted by atomic mass is 9.94. The number of pyridine rings is 1. The molecule has 21 heavy (non-hydrogen) atoms. The molecule has 0 saturated carbocycles. The first kappa shape index (κ1) is 14.2. The molecule has 3 nitrogen and oxygen atoms in total. The summed E-state index contributed by atoms with van der Waals surface area (Å²) in [5, 5.41) is 7.30. The predicted octanol–water partition coefficient (Wildman–Crippen LogP) is 2.97. The molecule has 0 radical (unpaired) electrons. The second-order valence-corrected chi connectivity index (χ2v) is 5.79. The van der Waals surface area contributed by atoms with Gasteiger partial charge in [-0.3, -0.25) is 4.98 Å². The average molecular weight is 281 g/mol. The van der Waals surface area contributed by atoms with Crippen LogP contribution in [-0.2, 0) is 6.54 Å². The zero-order valence-electron chi connectivity index (χ0n) is 12.5. The van der Waals surface area contributed by atoms with E-state index in [2.05, 4.69) is 58.9 Å². The number of aryl methyl sites for hydroxylation is 1. The van der Waals surface area contributed by atoms with Crippen molar-refractivity contribution in [3.63, 3.8) is 0 Å². The molecule has 1 aromatic heterocycles. The van der Waals surface area contributed by atoms with Crippen LogP contribution in [0.4, 0.5) is 0 Å². The zero-order valence-corrected chi connectivity index (χ0v) is 12.5. The lowest BCUT2D eigenvalue weighted by Gasteiger charge is -2.31. The fourth-order valence-electron chi connectivity index (χ4n) is 2.99. The van der Waals surface area contributed by atoms with Gasteiger partial charge in [-0.15, -0.1) is 0 Å². The third-order valence-electron chi connectivity index (χ3n) is 4.28. The van der Waals surface area contributed by atoms with Crippen LogP contribution in [0.15, 0.2) is 48.7 Å². The van der Waals surface area contributed by atoms with Crippen molar-refractivity contribution in [2.24, 2.45) is 0 Å². The number of rotatable bonds is 4. The molecule has 0 bridgehead atoms. The van der Waals surface area contributed by atoms with Gasteiger partial charge >= 0.3 is 0 Å². The summed E-state index contributed by atoms with van der Waals surface area (Å²) in [6.07, 6.45) is 4.18. The molecule has 2 N–H and O–H groups in total. The summed E-state index contributed by atoms with van der Waals surface area (Å²) < 4.78 is 0. The van der Waals surface area contributed by atoms with Crippen LogP contribution < -0.4 is 10.6 Å². The first-order valence-corrected chi connectivity index (χ1v) is 7.75.